The third-order valence-corrected chi connectivity index (χ3v) is 5.55. The number of fused-ring (bicyclic) bond motifs is 1. The Labute approximate surface area is 179 Å². The molecule has 1 atom stereocenters. The van der Waals surface area contributed by atoms with Crippen molar-refractivity contribution in [1.29, 1.82) is 0 Å². The van der Waals surface area contributed by atoms with E-state index in [4.69, 9.17) is 4.74 Å². The number of nitrogens with one attached hydrogen (secondary N) is 2. The molecule has 0 unspecified atom stereocenters. The molecule has 2 heterocycles. The number of para-hydroxylation sites is 1. The third-order valence-electron chi connectivity index (χ3n) is 5.55. The van der Waals surface area contributed by atoms with E-state index in [1.54, 1.807) is 7.11 Å². The van der Waals surface area contributed by atoms with E-state index < -0.39 is 6.03 Å². The molecule has 1 aliphatic rings. The minimum absolute atomic E-state index is 0.00404. The standard InChI is InChI=1S/C23H24N4O4/c1-26-14-22(29)27(23(26)30)13-21(28)25-11-18(15-7-9-16(31-2)10-8-15)19-12-24-20-6-4-3-5-17(19)20/h3-10,12,18,24H,11,13-14H2,1-2H3,(H,25,28)/t18-/m0/s1. The molecule has 3 aromatic rings. The summed E-state index contributed by atoms with van der Waals surface area (Å²) in [7, 11) is 3.15. The first-order valence-corrected chi connectivity index (χ1v) is 10.00. The van der Waals surface area contributed by atoms with Crippen LogP contribution in [0.2, 0.25) is 0 Å². The number of nitrogens with zero attached hydrogens (tertiary/aromatic N) is 2. The summed E-state index contributed by atoms with van der Waals surface area (Å²) in [5.74, 6) is -0.124. The maximum atomic E-state index is 12.6. The first-order chi connectivity index (χ1) is 15.0. The smallest absolute Gasteiger partial charge is 0.327 e. The SMILES string of the molecule is COc1ccc([C@H](CNC(=O)CN2C(=O)CN(C)C2=O)c2c[nH]c3ccccc23)cc1. The molecule has 160 valence electrons. The topological polar surface area (TPSA) is 94.7 Å². The molecule has 1 fully saturated rings. The first-order valence-electron chi connectivity index (χ1n) is 10.00. The Kier molecular flexibility index (Phi) is 5.62. The number of aromatic nitrogens is 1. The molecule has 0 spiro atoms. The summed E-state index contributed by atoms with van der Waals surface area (Å²) in [6, 6.07) is 15.2. The predicted molar refractivity (Wildman–Crippen MR) is 116 cm³/mol. The van der Waals surface area contributed by atoms with Crippen LogP contribution in [0.15, 0.2) is 54.7 Å². The molecule has 0 radical (unpaired) electrons. The number of hydrogen-bond acceptors (Lipinski definition) is 4. The minimum Gasteiger partial charge on any atom is -0.497 e. The first kappa shape index (κ1) is 20.5. The van der Waals surface area contributed by atoms with Gasteiger partial charge in [0.25, 0.3) is 5.91 Å². The minimum atomic E-state index is -0.455. The van der Waals surface area contributed by atoms with Crippen LogP contribution in [-0.2, 0) is 9.59 Å². The van der Waals surface area contributed by atoms with E-state index in [1.807, 2.05) is 54.7 Å². The number of carbonyl (C=O) groups excluding carboxylic acids is 3. The van der Waals surface area contributed by atoms with Crippen molar-refractivity contribution in [3.05, 3.63) is 65.9 Å². The Bertz CT molecular complexity index is 1120. The van der Waals surface area contributed by atoms with Crippen molar-refractivity contribution in [2.75, 3.05) is 33.8 Å². The molecule has 2 N–H and O–H groups in total. The van der Waals surface area contributed by atoms with Crippen molar-refractivity contribution < 1.29 is 19.1 Å². The molecule has 1 aromatic heterocycles. The molecule has 0 saturated carbocycles. The Hall–Kier alpha value is -3.81. The number of likely N-dealkylation sites (N-methyl/N-ethyl adjacent to an activating group) is 1. The molecule has 8 heteroatoms. The van der Waals surface area contributed by atoms with Gasteiger partial charge in [0, 0.05) is 36.6 Å². The summed E-state index contributed by atoms with van der Waals surface area (Å²) in [4.78, 5) is 42.1. The monoisotopic (exact) mass is 420 g/mol. The molecule has 4 rings (SSSR count). The highest BCUT2D eigenvalue weighted by molar-refractivity contribution is 6.04. The molecule has 1 aliphatic heterocycles. The Morgan fingerprint density at radius 1 is 1.16 bits per heavy atom. The number of carbonyl (C=O) groups is 3. The third kappa shape index (κ3) is 4.09. The van der Waals surface area contributed by atoms with Crippen molar-refractivity contribution in [1.82, 2.24) is 20.1 Å². The zero-order chi connectivity index (χ0) is 22.0. The second-order valence-electron chi connectivity index (χ2n) is 7.54. The molecule has 0 aliphatic carbocycles. The van der Waals surface area contributed by atoms with Crippen LogP contribution in [-0.4, -0.2) is 66.4 Å². The number of urea groups is 1. The summed E-state index contributed by atoms with van der Waals surface area (Å²) >= 11 is 0. The largest absolute Gasteiger partial charge is 0.497 e. The van der Waals surface area contributed by atoms with Gasteiger partial charge in [-0.25, -0.2) is 4.79 Å². The van der Waals surface area contributed by atoms with E-state index in [0.29, 0.717) is 6.54 Å². The van der Waals surface area contributed by atoms with E-state index in [2.05, 4.69) is 10.3 Å². The lowest BCUT2D eigenvalue weighted by Gasteiger charge is -2.20. The van der Waals surface area contributed by atoms with Crippen LogP contribution in [0.1, 0.15) is 17.0 Å². The number of H-pyrrole nitrogens is 1. The fourth-order valence-corrected chi connectivity index (χ4v) is 3.87. The highest BCUT2D eigenvalue weighted by Gasteiger charge is 2.34. The molecular weight excluding hydrogens is 396 g/mol. The second-order valence-corrected chi connectivity index (χ2v) is 7.54. The number of imide groups is 1. The van der Waals surface area contributed by atoms with Crippen molar-refractivity contribution in [3.63, 3.8) is 0 Å². The average Bonchev–Trinajstić information content (AvgIpc) is 3.31. The highest BCUT2D eigenvalue weighted by atomic mass is 16.5. The molecule has 31 heavy (non-hydrogen) atoms. The Balaban J connectivity index is 1.55. The maximum absolute atomic E-state index is 12.6. The van der Waals surface area contributed by atoms with Crippen LogP contribution in [0.25, 0.3) is 10.9 Å². The van der Waals surface area contributed by atoms with Crippen LogP contribution in [0, 0.1) is 0 Å². The van der Waals surface area contributed by atoms with Crippen molar-refractivity contribution >= 4 is 28.7 Å². The van der Waals surface area contributed by atoms with Gasteiger partial charge in [0.2, 0.25) is 5.91 Å². The second kappa shape index (κ2) is 8.51. The molecule has 1 saturated heterocycles. The van der Waals surface area contributed by atoms with Gasteiger partial charge in [-0.1, -0.05) is 30.3 Å². The molecule has 2 aromatic carbocycles. The Morgan fingerprint density at radius 3 is 2.58 bits per heavy atom. The number of hydrogen-bond donors (Lipinski definition) is 2. The van der Waals surface area contributed by atoms with Crippen molar-refractivity contribution in [2.45, 2.75) is 5.92 Å². The zero-order valence-corrected chi connectivity index (χ0v) is 17.4. The Morgan fingerprint density at radius 2 is 1.90 bits per heavy atom. The zero-order valence-electron chi connectivity index (χ0n) is 17.4. The molecule has 0 bridgehead atoms. The quantitative estimate of drug-likeness (QED) is 0.574. The van der Waals surface area contributed by atoms with Gasteiger partial charge in [0.1, 0.15) is 18.8 Å². The summed E-state index contributed by atoms with van der Waals surface area (Å²) in [6.45, 7) is 0.0280. The van der Waals surface area contributed by atoms with E-state index >= 15 is 0 Å². The van der Waals surface area contributed by atoms with Crippen LogP contribution in [0.4, 0.5) is 4.79 Å². The van der Waals surface area contributed by atoms with Crippen LogP contribution in [0.3, 0.4) is 0 Å². The van der Waals surface area contributed by atoms with E-state index in [-0.39, 0.29) is 30.8 Å². The lowest BCUT2D eigenvalue weighted by molar-refractivity contribution is -0.130. The van der Waals surface area contributed by atoms with Gasteiger partial charge in [0.05, 0.1) is 7.11 Å². The normalized spacial score (nSPS) is 14.9. The van der Waals surface area contributed by atoms with Gasteiger partial charge >= 0.3 is 6.03 Å². The number of benzene rings is 2. The van der Waals surface area contributed by atoms with Gasteiger partial charge in [-0.2, -0.15) is 0 Å². The fraction of sp³-hybridized carbons (Fsp3) is 0.261. The van der Waals surface area contributed by atoms with Crippen molar-refractivity contribution in [2.24, 2.45) is 0 Å². The number of amides is 4. The number of methoxy groups -OCH3 is 1. The van der Waals surface area contributed by atoms with Crippen LogP contribution >= 0.6 is 0 Å². The van der Waals surface area contributed by atoms with Crippen molar-refractivity contribution in [3.8, 4) is 5.75 Å². The maximum Gasteiger partial charge on any atom is 0.327 e. The molecular formula is C23H24N4O4. The number of rotatable bonds is 7. The molecule has 4 amide bonds. The fourth-order valence-electron chi connectivity index (χ4n) is 3.87. The van der Waals surface area contributed by atoms with Gasteiger partial charge < -0.3 is 19.9 Å². The predicted octanol–water partition coefficient (Wildman–Crippen LogP) is 2.32. The molecule has 8 nitrogen and oxygen atoms in total. The number of ether oxygens (including phenoxy) is 1. The number of aromatic amines is 1. The van der Waals surface area contributed by atoms with E-state index in [0.717, 1.165) is 32.7 Å². The van der Waals surface area contributed by atoms with Gasteiger partial charge in [-0.15, -0.1) is 0 Å². The summed E-state index contributed by atoms with van der Waals surface area (Å²) in [6.07, 6.45) is 1.95. The van der Waals surface area contributed by atoms with E-state index in [1.165, 1.54) is 11.9 Å². The lowest BCUT2D eigenvalue weighted by Crippen LogP contribution is -2.42. The van der Waals surface area contributed by atoms with Crippen LogP contribution < -0.4 is 10.1 Å². The van der Waals surface area contributed by atoms with Crippen LogP contribution in [0.5, 0.6) is 5.75 Å². The van der Waals surface area contributed by atoms with Gasteiger partial charge in [0.15, 0.2) is 0 Å². The van der Waals surface area contributed by atoms with E-state index in [9.17, 15) is 14.4 Å². The average molecular weight is 420 g/mol. The highest BCUT2D eigenvalue weighted by Crippen LogP contribution is 2.31. The summed E-state index contributed by atoms with van der Waals surface area (Å²) < 4.78 is 5.26. The summed E-state index contributed by atoms with van der Waals surface area (Å²) in [5.41, 5.74) is 3.08. The lowest BCUT2D eigenvalue weighted by atomic mass is 9.90. The van der Waals surface area contributed by atoms with Gasteiger partial charge in [-0.05, 0) is 29.3 Å². The van der Waals surface area contributed by atoms with Gasteiger partial charge in [-0.3, -0.25) is 14.5 Å². The summed E-state index contributed by atoms with van der Waals surface area (Å²) in [5, 5.41) is 3.97.